The van der Waals surface area contributed by atoms with Crippen LogP contribution in [0.3, 0.4) is 0 Å². The number of thiazole rings is 1. The number of aryl methyl sites for hydroxylation is 1. The van der Waals surface area contributed by atoms with Crippen LogP contribution in [0.4, 0.5) is 0 Å². The summed E-state index contributed by atoms with van der Waals surface area (Å²) in [5.41, 5.74) is 2.55. The first-order chi connectivity index (χ1) is 10.2. The lowest BCUT2D eigenvalue weighted by molar-refractivity contribution is 0.121. The quantitative estimate of drug-likeness (QED) is 0.860. The first-order valence-corrected chi connectivity index (χ1v) is 8.55. The van der Waals surface area contributed by atoms with Crippen LogP contribution >= 0.6 is 22.9 Å². The highest BCUT2D eigenvalue weighted by molar-refractivity contribution is 7.09. The van der Waals surface area contributed by atoms with Gasteiger partial charge >= 0.3 is 0 Å². The van der Waals surface area contributed by atoms with E-state index in [4.69, 9.17) is 11.6 Å². The number of hydrogen-bond donors (Lipinski definition) is 0. The number of hydrogen-bond acceptors (Lipinski definition) is 4. The summed E-state index contributed by atoms with van der Waals surface area (Å²) in [6.45, 7) is 8.53. The van der Waals surface area contributed by atoms with Crippen LogP contribution in [0, 0.1) is 6.92 Å². The van der Waals surface area contributed by atoms with E-state index in [-0.39, 0.29) is 0 Å². The van der Waals surface area contributed by atoms with Crippen LogP contribution in [0.25, 0.3) is 0 Å². The van der Waals surface area contributed by atoms with Gasteiger partial charge in [0, 0.05) is 49.7 Å². The van der Waals surface area contributed by atoms with Crippen molar-refractivity contribution in [1.82, 2.24) is 14.8 Å². The van der Waals surface area contributed by atoms with Gasteiger partial charge in [-0.1, -0.05) is 23.7 Å². The Morgan fingerprint density at radius 2 is 1.67 bits per heavy atom. The second kappa shape index (κ2) is 6.88. The lowest BCUT2D eigenvalue weighted by Crippen LogP contribution is -2.45. The van der Waals surface area contributed by atoms with Gasteiger partial charge in [-0.25, -0.2) is 4.98 Å². The molecule has 0 amide bonds. The van der Waals surface area contributed by atoms with Crippen molar-refractivity contribution in [2.45, 2.75) is 20.0 Å². The summed E-state index contributed by atoms with van der Waals surface area (Å²) >= 11 is 7.66. The fourth-order valence-corrected chi connectivity index (χ4v) is 3.39. The van der Waals surface area contributed by atoms with Gasteiger partial charge in [-0.15, -0.1) is 11.3 Å². The number of nitrogens with zero attached hydrogens (tertiary/aromatic N) is 3. The van der Waals surface area contributed by atoms with Gasteiger partial charge in [0.2, 0.25) is 0 Å². The molecular weight excluding hydrogens is 302 g/mol. The Morgan fingerprint density at radius 3 is 2.24 bits per heavy atom. The molecule has 2 aromatic rings. The Labute approximate surface area is 135 Å². The van der Waals surface area contributed by atoms with E-state index in [9.17, 15) is 0 Å². The van der Waals surface area contributed by atoms with Gasteiger partial charge in [0.15, 0.2) is 0 Å². The third kappa shape index (κ3) is 4.27. The maximum Gasteiger partial charge on any atom is 0.0897 e. The number of benzene rings is 1. The molecule has 0 bridgehead atoms. The summed E-state index contributed by atoms with van der Waals surface area (Å²) < 4.78 is 0. The van der Waals surface area contributed by atoms with Crippen LogP contribution in [0.2, 0.25) is 5.02 Å². The molecule has 3 nitrogen and oxygen atoms in total. The predicted molar refractivity (Wildman–Crippen MR) is 88.9 cm³/mol. The molecule has 1 aromatic carbocycles. The highest BCUT2D eigenvalue weighted by Gasteiger charge is 2.17. The smallest absolute Gasteiger partial charge is 0.0897 e. The Morgan fingerprint density at radius 1 is 1.05 bits per heavy atom. The zero-order valence-electron chi connectivity index (χ0n) is 12.3. The zero-order chi connectivity index (χ0) is 14.7. The Kier molecular flexibility index (Phi) is 4.91. The van der Waals surface area contributed by atoms with Crippen LogP contribution in [0.1, 0.15) is 16.3 Å². The topological polar surface area (TPSA) is 19.4 Å². The number of aromatic nitrogens is 1. The SMILES string of the molecule is Cc1nc(CN2CCN(Cc3ccc(Cl)cc3)CC2)cs1. The molecule has 1 aliphatic heterocycles. The van der Waals surface area contributed by atoms with Crippen molar-refractivity contribution in [2.24, 2.45) is 0 Å². The van der Waals surface area contributed by atoms with Crippen LogP contribution in [-0.4, -0.2) is 41.0 Å². The van der Waals surface area contributed by atoms with E-state index in [1.165, 1.54) is 11.3 Å². The van der Waals surface area contributed by atoms with E-state index in [1.807, 2.05) is 12.1 Å². The fraction of sp³-hybridized carbons (Fsp3) is 0.438. The molecule has 1 fully saturated rings. The first kappa shape index (κ1) is 15.0. The molecule has 0 atom stereocenters. The normalized spacial score (nSPS) is 17.2. The van der Waals surface area contributed by atoms with Crippen molar-refractivity contribution in [2.75, 3.05) is 26.2 Å². The number of rotatable bonds is 4. The molecule has 0 radical (unpaired) electrons. The maximum absolute atomic E-state index is 5.93. The highest BCUT2D eigenvalue weighted by atomic mass is 35.5. The van der Waals surface area contributed by atoms with Crippen LogP contribution in [-0.2, 0) is 13.1 Å². The summed E-state index contributed by atoms with van der Waals surface area (Å²) in [7, 11) is 0. The minimum absolute atomic E-state index is 0.808. The number of halogens is 1. The van der Waals surface area contributed by atoms with E-state index in [0.29, 0.717) is 0 Å². The maximum atomic E-state index is 5.93. The minimum atomic E-state index is 0.808. The molecule has 1 aromatic heterocycles. The molecule has 21 heavy (non-hydrogen) atoms. The van der Waals surface area contributed by atoms with Crippen molar-refractivity contribution in [3.63, 3.8) is 0 Å². The van der Waals surface area contributed by atoms with E-state index < -0.39 is 0 Å². The largest absolute Gasteiger partial charge is 0.297 e. The average molecular weight is 322 g/mol. The minimum Gasteiger partial charge on any atom is -0.297 e. The van der Waals surface area contributed by atoms with Crippen molar-refractivity contribution in [3.05, 3.63) is 50.9 Å². The molecule has 3 rings (SSSR count). The summed E-state index contributed by atoms with van der Waals surface area (Å²) in [4.78, 5) is 9.55. The molecule has 0 spiro atoms. The van der Waals surface area contributed by atoms with Gasteiger partial charge in [0.25, 0.3) is 0 Å². The number of piperazine rings is 1. The van der Waals surface area contributed by atoms with Gasteiger partial charge in [-0.3, -0.25) is 9.80 Å². The van der Waals surface area contributed by atoms with E-state index in [2.05, 4.69) is 39.2 Å². The van der Waals surface area contributed by atoms with Gasteiger partial charge in [0.1, 0.15) is 0 Å². The lowest BCUT2D eigenvalue weighted by atomic mass is 10.2. The molecule has 5 heteroatoms. The lowest BCUT2D eigenvalue weighted by Gasteiger charge is -2.34. The standard InChI is InChI=1S/C16H20ClN3S/c1-13-18-16(12-21-13)11-20-8-6-19(7-9-20)10-14-2-4-15(17)5-3-14/h2-5,12H,6-11H2,1H3. The average Bonchev–Trinajstić information content (AvgIpc) is 2.89. The Bertz CT molecular complexity index is 573. The van der Waals surface area contributed by atoms with Crippen molar-refractivity contribution >= 4 is 22.9 Å². The van der Waals surface area contributed by atoms with Crippen LogP contribution in [0.15, 0.2) is 29.6 Å². The highest BCUT2D eigenvalue weighted by Crippen LogP contribution is 2.15. The molecule has 2 heterocycles. The third-order valence-corrected chi connectivity index (χ3v) is 4.91. The van der Waals surface area contributed by atoms with Gasteiger partial charge in [-0.05, 0) is 24.6 Å². The fourth-order valence-electron chi connectivity index (χ4n) is 2.66. The molecule has 0 aliphatic carbocycles. The molecule has 1 saturated heterocycles. The molecular formula is C16H20ClN3S. The van der Waals surface area contributed by atoms with Crippen LogP contribution < -0.4 is 0 Å². The summed E-state index contributed by atoms with van der Waals surface area (Å²) in [6.07, 6.45) is 0. The molecule has 0 saturated carbocycles. The molecule has 1 aliphatic rings. The third-order valence-electron chi connectivity index (χ3n) is 3.84. The molecule has 112 valence electrons. The van der Waals surface area contributed by atoms with E-state index in [0.717, 1.165) is 49.3 Å². The Hall–Kier alpha value is -0.940. The van der Waals surface area contributed by atoms with Crippen LogP contribution in [0.5, 0.6) is 0 Å². The van der Waals surface area contributed by atoms with Gasteiger partial charge < -0.3 is 0 Å². The summed E-state index contributed by atoms with van der Waals surface area (Å²) in [5.74, 6) is 0. The second-order valence-electron chi connectivity index (χ2n) is 5.54. The zero-order valence-corrected chi connectivity index (χ0v) is 13.8. The summed E-state index contributed by atoms with van der Waals surface area (Å²) in [6, 6.07) is 8.18. The van der Waals surface area contributed by atoms with E-state index in [1.54, 1.807) is 11.3 Å². The molecule has 0 N–H and O–H groups in total. The molecule has 0 unspecified atom stereocenters. The van der Waals surface area contributed by atoms with Gasteiger partial charge in [0.05, 0.1) is 10.7 Å². The summed E-state index contributed by atoms with van der Waals surface area (Å²) in [5, 5.41) is 4.14. The second-order valence-corrected chi connectivity index (χ2v) is 7.04. The van der Waals surface area contributed by atoms with Gasteiger partial charge in [-0.2, -0.15) is 0 Å². The van der Waals surface area contributed by atoms with Crippen molar-refractivity contribution in [1.29, 1.82) is 0 Å². The first-order valence-electron chi connectivity index (χ1n) is 7.29. The van der Waals surface area contributed by atoms with Crippen molar-refractivity contribution < 1.29 is 0 Å². The van der Waals surface area contributed by atoms with E-state index >= 15 is 0 Å². The predicted octanol–water partition coefficient (Wildman–Crippen LogP) is 3.42. The Balaban J connectivity index is 1.47. The monoisotopic (exact) mass is 321 g/mol. The van der Waals surface area contributed by atoms with Crippen molar-refractivity contribution in [3.8, 4) is 0 Å².